The SMILES string of the molecule is NOCC1CCc2ccc(S(=O)(=O)Cl)cc2O1. The molecule has 17 heavy (non-hydrogen) atoms. The maximum atomic E-state index is 11.2. The zero-order valence-corrected chi connectivity index (χ0v) is 10.5. The Labute approximate surface area is 104 Å². The van der Waals surface area contributed by atoms with Gasteiger partial charge in [0, 0.05) is 16.7 Å². The number of fused-ring (bicyclic) bond motifs is 1. The van der Waals surface area contributed by atoms with E-state index in [0.29, 0.717) is 5.75 Å². The topological polar surface area (TPSA) is 78.6 Å². The lowest BCUT2D eigenvalue weighted by atomic mass is 10.0. The van der Waals surface area contributed by atoms with E-state index in [1.54, 1.807) is 6.07 Å². The fourth-order valence-corrected chi connectivity index (χ4v) is 2.55. The molecule has 94 valence electrons. The Hall–Kier alpha value is -0.820. The van der Waals surface area contributed by atoms with Crippen LogP contribution in [-0.4, -0.2) is 21.1 Å². The molecule has 7 heteroatoms. The number of ether oxygens (including phenoxy) is 1. The lowest BCUT2D eigenvalue weighted by Gasteiger charge is -2.25. The molecule has 0 saturated heterocycles. The van der Waals surface area contributed by atoms with Crippen molar-refractivity contribution in [3.63, 3.8) is 0 Å². The van der Waals surface area contributed by atoms with Crippen LogP contribution < -0.4 is 10.6 Å². The van der Waals surface area contributed by atoms with Gasteiger partial charge in [0.15, 0.2) is 0 Å². The lowest BCUT2D eigenvalue weighted by molar-refractivity contribution is 0.0396. The Bertz CT molecular complexity index is 517. The highest BCUT2D eigenvalue weighted by atomic mass is 35.7. The van der Waals surface area contributed by atoms with Gasteiger partial charge < -0.3 is 9.57 Å². The molecule has 0 fully saturated rings. The van der Waals surface area contributed by atoms with E-state index in [1.807, 2.05) is 0 Å². The van der Waals surface area contributed by atoms with Gasteiger partial charge in [-0.2, -0.15) is 0 Å². The van der Waals surface area contributed by atoms with Gasteiger partial charge in [-0.15, -0.1) is 0 Å². The van der Waals surface area contributed by atoms with Crippen molar-refractivity contribution < 1.29 is 18.0 Å². The number of hydrogen-bond acceptors (Lipinski definition) is 5. The number of hydrogen-bond donors (Lipinski definition) is 1. The van der Waals surface area contributed by atoms with Gasteiger partial charge in [0.25, 0.3) is 9.05 Å². The fourth-order valence-electron chi connectivity index (χ4n) is 1.78. The Balaban J connectivity index is 2.29. The summed E-state index contributed by atoms with van der Waals surface area (Å²) >= 11 is 0. The first kappa shape index (κ1) is 12.6. The van der Waals surface area contributed by atoms with Crippen LogP contribution in [0.15, 0.2) is 23.1 Å². The van der Waals surface area contributed by atoms with Crippen LogP contribution >= 0.6 is 10.7 Å². The second-order valence-corrected chi connectivity index (χ2v) is 6.39. The van der Waals surface area contributed by atoms with E-state index in [4.69, 9.17) is 21.3 Å². The van der Waals surface area contributed by atoms with Crippen LogP contribution in [0.4, 0.5) is 0 Å². The molecule has 1 atom stereocenters. The maximum Gasteiger partial charge on any atom is 0.261 e. The molecule has 1 aliphatic rings. The van der Waals surface area contributed by atoms with Gasteiger partial charge in [0.05, 0.1) is 4.90 Å². The number of halogens is 1. The zero-order chi connectivity index (χ0) is 12.5. The second-order valence-electron chi connectivity index (χ2n) is 3.82. The minimum Gasteiger partial charge on any atom is -0.488 e. The zero-order valence-electron chi connectivity index (χ0n) is 8.93. The molecule has 0 bridgehead atoms. The van der Waals surface area contributed by atoms with Crippen molar-refractivity contribution in [3.8, 4) is 5.75 Å². The highest BCUT2D eigenvalue weighted by Crippen LogP contribution is 2.31. The van der Waals surface area contributed by atoms with Crippen molar-refractivity contribution in [3.05, 3.63) is 23.8 Å². The molecule has 0 aromatic heterocycles. The van der Waals surface area contributed by atoms with Gasteiger partial charge in [-0.05, 0) is 24.5 Å². The molecular weight excluding hydrogens is 266 g/mol. The van der Waals surface area contributed by atoms with Crippen LogP contribution in [0.25, 0.3) is 0 Å². The van der Waals surface area contributed by atoms with E-state index in [0.717, 1.165) is 18.4 Å². The Morgan fingerprint density at radius 1 is 1.53 bits per heavy atom. The standard InChI is InChI=1S/C10H12ClNO4S/c11-17(13,14)9-4-2-7-1-3-8(6-15-12)16-10(7)5-9/h2,4-5,8H,1,3,6,12H2. The molecule has 0 amide bonds. The lowest BCUT2D eigenvalue weighted by Crippen LogP contribution is -2.29. The van der Waals surface area contributed by atoms with Crippen molar-refractivity contribution in [1.82, 2.24) is 0 Å². The molecule has 1 aromatic rings. The van der Waals surface area contributed by atoms with E-state index < -0.39 is 9.05 Å². The van der Waals surface area contributed by atoms with Crippen molar-refractivity contribution in [2.24, 2.45) is 5.90 Å². The summed E-state index contributed by atoms with van der Waals surface area (Å²) in [6.45, 7) is 0.275. The summed E-state index contributed by atoms with van der Waals surface area (Å²) in [6, 6.07) is 4.62. The van der Waals surface area contributed by atoms with Gasteiger partial charge >= 0.3 is 0 Å². The van der Waals surface area contributed by atoms with Crippen LogP contribution in [0.1, 0.15) is 12.0 Å². The Morgan fingerprint density at radius 3 is 2.94 bits per heavy atom. The molecule has 5 nitrogen and oxygen atoms in total. The predicted octanol–water partition coefficient (Wildman–Crippen LogP) is 1.20. The highest BCUT2D eigenvalue weighted by molar-refractivity contribution is 8.13. The van der Waals surface area contributed by atoms with E-state index in [1.165, 1.54) is 12.1 Å². The largest absolute Gasteiger partial charge is 0.488 e. The summed E-state index contributed by atoms with van der Waals surface area (Å²) in [7, 11) is 1.54. The van der Waals surface area contributed by atoms with E-state index in [-0.39, 0.29) is 17.6 Å². The minimum atomic E-state index is -3.73. The third-order valence-corrected chi connectivity index (χ3v) is 3.98. The smallest absolute Gasteiger partial charge is 0.261 e. The molecule has 1 aromatic carbocycles. The summed E-state index contributed by atoms with van der Waals surface area (Å²) in [6.07, 6.45) is 1.43. The summed E-state index contributed by atoms with van der Waals surface area (Å²) in [5.74, 6) is 5.51. The van der Waals surface area contributed by atoms with Crippen LogP contribution in [-0.2, 0) is 20.3 Å². The monoisotopic (exact) mass is 277 g/mol. The molecule has 1 heterocycles. The van der Waals surface area contributed by atoms with E-state index in [9.17, 15) is 8.42 Å². The van der Waals surface area contributed by atoms with Crippen LogP contribution in [0.3, 0.4) is 0 Å². The summed E-state index contributed by atoms with van der Waals surface area (Å²) in [4.78, 5) is 4.56. The highest BCUT2D eigenvalue weighted by Gasteiger charge is 2.22. The van der Waals surface area contributed by atoms with Crippen molar-refractivity contribution >= 4 is 19.7 Å². The first-order valence-electron chi connectivity index (χ1n) is 5.06. The Kier molecular flexibility index (Phi) is 3.58. The molecule has 0 aliphatic carbocycles. The van der Waals surface area contributed by atoms with Gasteiger partial charge in [-0.25, -0.2) is 14.3 Å². The minimum absolute atomic E-state index is 0.0345. The van der Waals surface area contributed by atoms with Crippen molar-refractivity contribution in [2.45, 2.75) is 23.8 Å². The van der Waals surface area contributed by atoms with Crippen LogP contribution in [0.2, 0.25) is 0 Å². The summed E-state index contributed by atoms with van der Waals surface area (Å²) < 4.78 is 28.0. The average molecular weight is 278 g/mol. The molecule has 2 N–H and O–H groups in total. The van der Waals surface area contributed by atoms with E-state index >= 15 is 0 Å². The van der Waals surface area contributed by atoms with Gasteiger partial charge in [0.2, 0.25) is 0 Å². The molecular formula is C10H12ClNO4S. The van der Waals surface area contributed by atoms with Gasteiger partial charge in [-0.3, -0.25) is 0 Å². The Morgan fingerprint density at radius 2 is 2.29 bits per heavy atom. The van der Waals surface area contributed by atoms with Crippen molar-refractivity contribution in [2.75, 3.05) is 6.61 Å². The number of rotatable bonds is 3. The quantitative estimate of drug-likeness (QED) is 0.663. The van der Waals surface area contributed by atoms with Crippen LogP contribution in [0.5, 0.6) is 5.75 Å². The number of aryl methyl sites for hydroxylation is 1. The summed E-state index contributed by atoms with van der Waals surface area (Å²) in [5, 5.41) is 0. The summed E-state index contributed by atoms with van der Waals surface area (Å²) in [5.41, 5.74) is 0.960. The molecule has 1 unspecified atom stereocenters. The van der Waals surface area contributed by atoms with Crippen LogP contribution in [0, 0.1) is 0 Å². The first-order chi connectivity index (χ1) is 8.00. The molecule has 0 radical (unpaired) electrons. The third-order valence-electron chi connectivity index (χ3n) is 2.63. The fraction of sp³-hybridized carbons (Fsp3) is 0.400. The normalized spacial score (nSPS) is 19.5. The van der Waals surface area contributed by atoms with E-state index in [2.05, 4.69) is 4.84 Å². The van der Waals surface area contributed by atoms with Gasteiger partial charge in [0.1, 0.15) is 18.5 Å². The van der Waals surface area contributed by atoms with Crippen molar-refractivity contribution in [1.29, 1.82) is 0 Å². The number of benzene rings is 1. The maximum absolute atomic E-state index is 11.2. The predicted molar refractivity (Wildman–Crippen MR) is 62.4 cm³/mol. The third kappa shape index (κ3) is 2.90. The average Bonchev–Trinajstić information content (AvgIpc) is 2.27. The molecule has 2 rings (SSSR count). The first-order valence-corrected chi connectivity index (χ1v) is 7.37. The molecule has 0 saturated carbocycles. The molecule has 0 spiro atoms. The second kappa shape index (κ2) is 4.81. The van der Waals surface area contributed by atoms with Gasteiger partial charge in [-0.1, -0.05) is 6.07 Å². The molecule has 1 aliphatic heterocycles. The number of nitrogens with two attached hydrogens (primary N) is 1.